The van der Waals surface area contributed by atoms with Crippen LogP contribution in [0.3, 0.4) is 0 Å². The average Bonchev–Trinajstić information content (AvgIpc) is 2.98. The Morgan fingerprint density at radius 1 is 1.13 bits per heavy atom. The van der Waals surface area contributed by atoms with Crippen LogP contribution in [0, 0.1) is 0 Å². The van der Waals surface area contributed by atoms with E-state index in [1.54, 1.807) is 6.07 Å². The van der Waals surface area contributed by atoms with Crippen molar-refractivity contribution in [3.63, 3.8) is 0 Å². The van der Waals surface area contributed by atoms with Gasteiger partial charge in [-0.1, -0.05) is 39.4 Å². The molecule has 114 valence electrons. The van der Waals surface area contributed by atoms with Crippen molar-refractivity contribution < 1.29 is 4.74 Å². The summed E-state index contributed by atoms with van der Waals surface area (Å²) < 4.78 is 8.03. The highest BCUT2D eigenvalue weighted by Crippen LogP contribution is 2.19. The van der Waals surface area contributed by atoms with Crippen LogP contribution in [0.4, 0.5) is 0 Å². The molecule has 0 radical (unpaired) electrons. The SMILES string of the molecule is O=c1c2ccccc2nc2sc(COc3ccc(Br)cc3)nn12. The van der Waals surface area contributed by atoms with Crippen molar-refractivity contribution in [1.82, 2.24) is 14.6 Å². The zero-order valence-corrected chi connectivity index (χ0v) is 14.2. The van der Waals surface area contributed by atoms with Gasteiger partial charge in [0.2, 0.25) is 4.96 Å². The highest BCUT2D eigenvalue weighted by atomic mass is 79.9. The predicted octanol–water partition coefficient (Wildman–Crippen LogP) is 3.65. The molecular formula is C16H10BrN3O2S. The van der Waals surface area contributed by atoms with Gasteiger partial charge < -0.3 is 4.74 Å². The fraction of sp³-hybridized carbons (Fsp3) is 0.0625. The third-order valence-corrected chi connectivity index (χ3v) is 4.73. The van der Waals surface area contributed by atoms with Gasteiger partial charge >= 0.3 is 0 Å². The molecule has 0 atom stereocenters. The molecule has 5 nitrogen and oxygen atoms in total. The molecule has 4 rings (SSSR count). The van der Waals surface area contributed by atoms with Gasteiger partial charge in [-0.05, 0) is 36.4 Å². The van der Waals surface area contributed by atoms with E-state index in [2.05, 4.69) is 26.0 Å². The molecule has 0 aliphatic heterocycles. The van der Waals surface area contributed by atoms with Gasteiger partial charge in [-0.3, -0.25) is 4.79 Å². The third-order valence-electron chi connectivity index (χ3n) is 3.32. The Morgan fingerprint density at radius 3 is 2.74 bits per heavy atom. The lowest BCUT2D eigenvalue weighted by Gasteiger charge is -2.02. The van der Waals surface area contributed by atoms with Crippen LogP contribution in [0.5, 0.6) is 5.75 Å². The Bertz CT molecular complexity index is 1060. The van der Waals surface area contributed by atoms with Gasteiger partial charge in [0, 0.05) is 4.47 Å². The molecule has 0 N–H and O–H groups in total. The second-order valence-electron chi connectivity index (χ2n) is 4.87. The summed E-state index contributed by atoms with van der Waals surface area (Å²) >= 11 is 4.74. The van der Waals surface area contributed by atoms with Gasteiger partial charge in [0.05, 0.1) is 10.9 Å². The normalized spacial score (nSPS) is 11.2. The number of fused-ring (bicyclic) bond motifs is 2. The van der Waals surface area contributed by atoms with Gasteiger partial charge in [0.15, 0.2) is 5.01 Å². The molecule has 23 heavy (non-hydrogen) atoms. The predicted molar refractivity (Wildman–Crippen MR) is 93.1 cm³/mol. The van der Waals surface area contributed by atoms with Crippen LogP contribution in [0.1, 0.15) is 5.01 Å². The van der Waals surface area contributed by atoms with E-state index in [1.807, 2.05) is 42.5 Å². The number of hydrogen-bond acceptors (Lipinski definition) is 5. The van der Waals surface area contributed by atoms with Crippen LogP contribution in [-0.2, 0) is 6.61 Å². The molecule has 0 unspecified atom stereocenters. The molecule has 0 spiro atoms. The minimum absolute atomic E-state index is 0.156. The Kier molecular flexibility index (Phi) is 3.59. The second kappa shape index (κ2) is 5.75. The minimum Gasteiger partial charge on any atom is -0.486 e. The molecule has 0 aliphatic rings. The summed E-state index contributed by atoms with van der Waals surface area (Å²) in [6.07, 6.45) is 0. The number of nitrogens with zero attached hydrogens (tertiary/aromatic N) is 3. The zero-order chi connectivity index (χ0) is 15.8. The van der Waals surface area contributed by atoms with Crippen molar-refractivity contribution in [2.45, 2.75) is 6.61 Å². The van der Waals surface area contributed by atoms with Crippen molar-refractivity contribution in [1.29, 1.82) is 0 Å². The number of para-hydroxylation sites is 1. The van der Waals surface area contributed by atoms with Crippen LogP contribution in [0.2, 0.25) is 0 Å². The largest absolute Gasteiger partial charge is 0.486 e. The number of ether oxygens (including phenoxy) is 1. The maximum Gasteiger partial charge on any atom is 0.283 e. The fourth-order valence-corrected chi connectivity index (χ4v) is 3.30. The summed E-state index contributed by atoms with van der Waals surface area (Å²) in [4.78, 5) is 17.5. The molecule has 0 fully saturated rings. The minimum atomic E-state index is -0.156. The fourth-order valence-electron chi connectivity index (χ4n) is 2.23. The summed E-state index contributed by atoms with van der Waals surface area (Å²) in [6.45, 7) is 0.297. The number of aromatic nitrogens is 3. The first-order valence-corrected chi connectivity index (χ1v) is 8.47. The van der Waals surface area contributed by atoms with Gasteiger partial charge in [-0.2, -0.15) is 9.61 Å². The monoisotopic (exact) mass is 387 g/mol. The van der Waals surface area contributed by atoms with E-state index < -0.39 is 0 Å². The molecule has 2 aromatic heterocycles. The molecule has 0 amide bonds. The van der Waals surface area contributed by atoms with Gasteiger partial charge in [0.25, 0.3) is 5.56 Å². The smallest absolute Gasteiger partial charge is 0.283 e. The molecule has 0 aliphatic carbocycles. The van der Waals surface area contributed by atoms with E-state index >= 15 is 0 Å². The van der Waals surface area contributed by atoms with Crippen molar-refractivity contribution in [2.24, 2.45) is 0 Å². The molecule has 2 aromatic carbocycles. The molecule has 0 bridgehead atoms. The van der Waals surface area contributed by atoms with Crippen LogP contribution >= 0.6 is 27.3 Å². The Balaban J connectivity index is 1.68. The lowest BCUT2D eigenvalue weighted by atomic mass is 10.2. The quantitative estimate of drug-likeness (QED) is 0.538. The van der Waals surface area contributed by atoms with Crippen molar-refractivity contribution in [3.05, 3.63) is 68.4 Å². The van der Waals surface area contributed by atoms with Crippen LogP contribution in [-0.4, -0.2) is 14.6 Å². The van der Waals surface area contributed by atoms with Crippen molar-refractivity contribution >= 4 is 43.1 Å². The molecule has 2 heterocycles. The number of benzene rings is 2. The van der Waals surface area contributed by atoms with E-state index in [0.717, 1.165) is 10.2 Å². The summed E-state index contributed by atoms with van der Waals surface area (Å²) in [5, 5.41) is 5.59. The molecule has 0 saturated carbocycles. The maximum atomic E-state index is 12.4. The van der Waals surface area contributed by atoms with Crippen LogP contribution in [0.25, 0.3) is 15.9 Å². The van der Waals surface area contributed by atoms with Crippen LogP contribution < -0.4 is 10.3 Å². The zero-order valence-electron chi connectivity index (χ0n) is 11.8. The Labute approximate surface area is 143 Å². The van der Waals surface area contributed by atoms with E-state index in [-0.39, 0.29) is 5.56 Å². The summed E-state index contributed by atoms with van der Waals surface area (Å²) in [7, 11) is 0. The average molecular weight is 388 g/mol. The van der Waals surface area contributed by atoms with Crippen molar-refractivity contribution in [3.8, 4) is 5.75 Å². The molecular weight excluding hydrogens is 378 g/mol. The first kappa shape index (κ1) is 14.3. The summed E-state index contributed by atoms with van der Waals surface area (Å²) in [5.41, 5.74) is 0.526. The highest BCUT2D eigenvalue weighted by Gasteiger charge is 2.11. The standard InChI is InChI=1S/C16H10BrN3O2S/c17-10-5-7-11(8-6-10)22-9-14-19-20-15(21)12-3-1-2-4-13(12)18-16(20)23-14/h1-8H,9H2. The van der Waals surface area contributed by atoms with Gasteiger partial charge in [-0.15, -0.1) is 0 Å². The Hall–Kier alpha value is -2.25. The van der Waals surface area contributed by atoms with Gasteiger partial charge in [0.1, 0.15) is 12.4 Å². The van der Waals surface area contributed by atoms with Crippen LogP contribution in [0.15, 0.2) is 57.8 Å². The number of rotatable bonds is 3. The Morgan fingerprint density at radius 2 is 1.91 bits per heavy atom. The molecule has 4 aromatic rings. The van der Waals surface area contributed by atoms with E-state index in [9.17, 15) is 4.79 Å². The maximum absolute atomic E-state index is 12.4. The lowest BCUT2D eigenvalue weighted by molar-refractivity contribution is 0.304. The van der Waals surface area contributed by atoms with Gasteiger partial charge in [-0.25, -0.2) is 4.98 Å². The number of hydrogen-bond donors (Lipinski definition) is 0. The topological polar surface area (TPSA) is 56.5 Å². The highest BCUT2D eigenvalue weighted by molar-refractivity contribution is 9.10. The first-order chi connectivity index (χ1) is 11.2. The summed E-state index contributed by atoms with van der Waals surface area (Å²) in [6, 6.07) is 14.8. The lowest BCUT2D eigenvalue weighted by Crippen LogP contribution is -2.15. The first-order valence-electron chi connectivity index (χ1n) is 6.86. The third kappa shape index (κ3) is 2.73. The van der Waals surface area contributed by atoms with Crippen molar-refractivity contribution in [2.75, 3.05) is 0 Å². The van der Waals surface area contributed by atoms with E-state index in [4.69, 9.17) is 4.74 Å². The summed E-state index contributed by atoms with van der Waals surface area (Å²) in [5.74, 6) is 0.748. The number of halogens is 1. The molecule has 0 saturated heterocycles. The second-order valence-corrected chi connectivity index (χ2v) is 6.82. The molecule has 7 heteroatoms. The van der Waals surface area contributed by atoms with E-state index in [1.165, 1.54) is 15.9 Å². The van der Waals surface area contributed by atoms with E-state index in [0.29, 0.717) is 27.5 Å².